The monoisotopic (exact) mass is 428 g/mol. The van der Waals surface area contributed by atoms with E-state index in [-0.39, 0.29) is 5.91 Å². The van der Waals surface area contributed by atoms with Crippen molar-refractivity contribution in [2.24, 2.45) is 0 Å². The van der Waals surface area contributed by atoms with Crippen molar-refractivity contribution < 1.29 is 18.0 Å². The van der Waals surface area contributed by atoms with Crippen molar-refractivity contribution in [3.05, 3.63) is 66.7 Å². The molecule has 1 heterocycles. The molecule has 0 saturated heterocycles. The van der Waals surface area contributed by atoms with Gasteiger partial charge >= 0.3 is 0 Å². The van der Waals surface area contributed by atoms with E-state index in [0.29, 0.717) is 22.6 Å². The van der Waals surface area contributed by atoms with Crippen LogP contribution in [0.2, 0.25) is 0 Å². The maximum Gasteiger partial charge on any atom is 0.255 e. The van der Waals surface area contributed by atoms with Crippen LogP contribution in [0.25, 0.3) is 0 Å². The molecule has 1 unspecified atom stereocenters. The van der Waals surface area contributed by atoms with Gasteiger partial charge in [-0.25, -0.2) is 18.1 Å². The summed E-state index contributed by atoms with van der Waals surface area (Å²) in [6, 6.07) is 12.2. The van der Waals surface area contributed by atoms with Gasteiger partial charge in [-0.05, 0) is 49.4 Å². The molecule has 0 aliphatic carbocycles. The minimum absolute atomic E-state index is 0.257. The molecule has 10 nitrogen and oxygen atoms in total. The van der Waals surface area contributed by atoms with Crippen LogP contribution >= 0.6 is 0 Å². The summed E-state index contributed by atoms with van der Waals surface area (Å²) in [6.45, 7) is 1.70. The van der Waals surface area contributed by atoms with Gasteiger partial charge in [0.1, 0.15) is 18.7 Å². The molecule has 2 aromatic carbocycles. The van der Waals surface area contributed by atoms with Gasteiger partial charge in [-0.1, -0.05) is 6.07 Å². The molecule has 3 aromatic rings. The van der Waals surface area contributed by atoms with Crippen LogP contribution in [0.5, 0.6) is 0 Å². The Labute approximate surface area is 173 Å². The molecule has 0 bridgehead atoms. The first kappa shape index (κ1) is 21.0. The van der Waals surface area contributed by atoms with Gasteiger partial charge in [-0.2, -0.15) is 5.10 Å². The van der Waals surface area contributed by atoms with E-state index in [1.165, 1.54) is 23.4 Å². The van der Waals surface area contributed by atoms with Gasteiger partial charge in [0.15, 0.2) is 0 Å². The molecule has 0 aliphatic heterocycles. The summed E-state index contributed by atoms with van der Waals surface area (Å²) in [7, 11) is -3.44. The molecule has 30 heavy (non-hydrogen) atoms. The summed E-state index contributed by atoms with van der Waals surface area (Å²) in [5.41, 5.74) is 1.67. The fraction of sp³-hybridized carbons (Fsp3) is 0.158. The second-order valence-corrected chi connectivity index (χ2v) is 8.28. The van der Waals surface area contributed by atoms with E-state index >= 15 is 0 Å². The number of aromatic nitrogens is 3. The van der Waals surface area contributed by atoms with E-state index in [1.54, 1.807) is 49.4 Å². The molecule has 0 fully saturated rings. The molecule has 11 heteroatoms. The van der Waals surface area contributed by atoms with E-state index in [1.807, 2.05) is 0 Å². The van der Waals surface area contributed by atoms with Crippen molar-refractivity contribution in [2.75, 3.05) is 21.6 Å². The molecular formula is C19H20N6O4S. The Morgan fingerprint density at radius 1 is 1.00 bits per heavy atom. The Balaban J connectivity index is 1.62. The van der Waals surface area contributed by atoms with E-state index in [2.05, 4.69) is 25.4 Å². The number of carbonyl (C=O) groups excluding carboxylic acids is 2. The Morgan fingerprint density at radius 3 is 2.27 bits per heavy atom. The minimum Gasteiger partial charge on any atom is -0.324 e. The molecule has 3 rings (SSSR count). The third kappa shape index (κ3) is 5.64. The first-order valence-corrected chi connectivity index (χ1v) is 10.7. The van der Waals surface area contributed by atoms with E-state index in [0.717, 1.165) is 6.26 Å². The molecular weight excluding hydrogens is 408 g/mol. The van der Waals surface area contributed by atoms with Gasteiger partial charge in [-0.3, -0.25) is 14.3 Å². The molecule has 1 atom stereocenters. The minimum atomic E-state index is -3.44. The normalized spacial score (nSPS) is 12.1. The van der Waals surface area contributed by atoms with Gasteiger partial charge in [0, 0.05) is 22.6 Å². The summed E-state index contributed by atoms with van der Waals surface area (Å²) in [5, 5.41) is 9.43. The van der Waals surface area contributed by atoms with Gasteiger partial charge < -0.3 is 10.6 Å². The molecule has 0 aliphatic rings. The largest absolute Gasteiger partial charge is 0.324 e. The molecule has 156 valence electrons. The van der Waals surface area contributed by atoms with Crippen molar-refractivity contribution in [3.63, 3.8) is 0 Å². The lowest BCUT2D eigenvalue weighted by Gasteiger charge is -2.12. The quantitative estimate of drug-likeness (QED) is 0.527. The zero-order valence-corrected chi connectivity index (χ0v) is 17.1. The van der Waals surface area contributed by atoms with Crippen LogP contribution < -0.4 is 15.4 Å². The van der Waals surface area contributed by atoms with Crippen LogP contribution in [0.3, 0.4) is 0 Å². The SMILES string of the molecule is CC(C(=O)Nc1ccc(NC(=O)c2cccc(NS(C)(=O)=O)c2)cc1)n1cncn1. The lowest BCUT2D eigenvalue weighted by Crippen LogP contribution is -2.24. The first-order chi connectivity index (χ1) is 14.2. The van der Waals surface area contributed by atoms with Gasteiger partial charge in [0.2, 0.25) is 15.9 Å². The second kappa shape index (κ2) is 8.74. The third-order valence-electron chi connectivity index (χ3n) is 4.05. The highest BCUT2D eigenvalue weighted by Gasteiger charge is 2.15. The van der Waals surface area contributed by atoms with Crippen LogP contribution in [-0.4, -0.2) is 41.3 Å². The molecule has 2 amide bonds. The zero-order valence-electron chi connectivity index (χ0n) is 16.2. The maximum atomic E-state index is 12.4. The van der Waals surface area contributed by atoms with E-state index in [9.17, 15) is 18.0 Å². The van der Waals surface area contributed by atoms with Crippen LogP contribution in [0.4, 0.5) is 17.1 Å². The number of rotatable bonds is 7. The summed E-state index contributed by atoms with van der Waals surface area (Å²) in [4.78, 5) is 28.5. The number of hydrogen-bond acceptors (Lipinski definition) is 6. The van der Waals surface area contributed by atoms with Gasteiger partial charge in [-0.15, -0.1) is 0 Å². The fourth-order valence-electron chi connectivity index (χ4n) is 2.56. The highest BCUT2D eigenvalue weighted by Crippen LogP contribution is 2.18. The number of sulfonamides is 1. The lowest BCUT2D eigenvalue weighted by atomic mass is 10.2. The molecule has 3 N–H and O–H groups in total. The van der Waals surface area contributed by atoms with E-state index in [4.69, 9.17) is 0 Å². The molecule has 0 radical (unpaired) electrons. The number of nitrogens with one attached hydrogen (secondary N) is 3. The fourth-order valence-corrected chi connectivity index (χ4v) is 3.12. The van der Waals surface area contributed by atoms with Crippen LogP contribution in [-0.2, 0) is 14.8 Å². The highest BCUT2D eigenvalue weighted by molar-refractivity contribution is 7.92. The Bertz CT molecular complexity index is 1140. The summed E-state index contributed by atoms with van der Waals surface area (Å²) >= 11 is 0. The van der Waals surface area contributed by atoms with Crippen molar-refractivity contribution >= 4 is 38.9 Å². The van der Waals surface area contributed by atoms with Crippen molar-refractivity contribution in [1.29, 1.82) is 0 Å². The van der Waals surface area contributed by atoms with Crippen LogP contribution in [0.1, 0.15) is 23.3 Å². The van der Waals surface area contributed by atoms with Crippen LogP contribution in [0, 0.1) is 0 Å². The predicted molar refractivity (Wildman–Crippen MR) is 113 cm³/mol. The summed E-state index contributed by atoms with van der Waals surface area (Å²) < 4.78 is 26.4. The average Bonchev–Trinajstić information content (AvgIpc) is 3.22. The number of hydrogen-bond donors (Lipinski definition) is 3. The number of carbonyl (C=O) groups is 2. The third-order valence-corrected chi connectivity index (χ3v) is 4.66. The standard InChI is InChI=1S/C19H20N6O4S/c1-13(25-12-20-11-21-25)18(26)22-15-6-8-16(9-7-15)23-19(27)14-4-3-5-17(10-14)24-30(2,28)29/h3-13,24H,1-2H3,(H,22,26)(H,23,27). The van der Waals surface area contributed by atoms with Crippen molar-refractivity contribution in [1.82, 2.24) is 14.8 Å². The maximum absolute atomic E-state index is 12.4. The Hall–Kier alpha value is -3.73. The van der Waals surface area contributed by atoms with Crippen LogP contribution in [0.15, 0.2) is 61.2 Å². The summed E-state index contributed by atoms with van der Waals surface area (Å²) in [5.74, 6) is -0.656. The molecule has 0 spiro atoms. The zero-order chi connectivity index (χ0) is 21.7. The smallest absolute Gasteiger partial charge is 0.255 e. The molecule has 1 aromatic heterocycles. The predicted octanol–water partition coefficient (Wildman–Crippen LogP) is 2.10. The number of amides is 2. The number of nitrogens with zero attached hydrogens (tertiary/aromatic N) is 3. The second-order valence-electron chi connectivity index (χ2n) is 6.53. The molecule has 0 saturated carbocycles. The summed E-state index contributed by atoms with van der Waals surface area (Å²) in [6.07, 6.45) is 3.85. The van der Waals surface area contributed by atoms with Crippen molar-refractivity contribution in [3.8, 4) is 0 Å². The first-order valence-electron chi connectivity index (χ1n) is 8.85. The topological polar surface area (TPSA) is 135 Å². The van der Waals surface area contributed by atoms with Gasteiger partial charge in [0.05, 0.1) is 6.26 Å². The van der Waals surface area contributed by atoms with Gasteiger partial charge in [0.25, 0.3) is 5.91 Å². The number of anilines is 3. The van der Waals surface area contributed by atoms with Crippen molar-refractivity contribution in [2.45, 2.75) is 13.0 Å². The Morgan fingerprint density at radius 2 is 1.67 bits per heavy atom. The lowest BCUT2D eigenvalue weighted by molar-refractivity contribution is -0.119. The Kier molecular flexibility index (Phi) is 6.11. The number of benzene rings is 2. The average molecular weight is 428 g/mol. The van der Waals surface area contributed by atoms with E-state index < -0.39 is 22.0 Å². The highest BCUT2D eigenvalue weighted by atomic mass is 32.2.